The molecular weight excluding hydrogens is 343 g/mol. The first-order valence-corrected chi connectivity index (χ1v) is 6.67. The highest BCUT2D eigenvalue weighted by Crippen LogP contribution is 2.25. The lowest BCUT2D eigenvalue weighted by molar-refractivity contribution is 0.0593. The van der Waals surface area contributed by atoms with E-state index < -0.39 is 17.8 Å². The van der Waals surface area contributed by atoms with E-state index in [2.05, 4.69) is 20.7 Å². The first-order chi connectivity index (χ1) is 10.0. The van der Waals surface area contributed by atoms with Gasteiger partial charge in [-0.15, -0.1) is 0 Å². The van der Waals surface area contributed by atoms with Crippen LogP contribution < -0.4 is 4.74 Å². The molecule has 6 heteroatoms. The minimum atomic E-state index is -0.888. The fraction of sp³-hybridized carbons (Fsp3) is 0.0667. The van der Waals surface area contributed by atoms with Crippen molar-refractivity contribution < 1.29 is 23.5 Å². The number of hydrogen-bond acceptors (Lipinski definition) is 4. The predicted octanol–water partition coefficient (Wildman–Crippen LogP) is 3.59. The zero-order valence-electron chi connectivity index (χ0n) is 10.9. The van der Waals surface area contributed by atoms with Crippen molar-refractivity contribution in [3.63, 3.8) is 0 Å². The maximum absolute atomic E-state index is 13.5. The standard InChI is InChI=1S/C15H10BrFO4/c1-20-14(18)11-8-9(16)6-7-13(11)21-15(19)10-4-2-3-5-12(10)17/h2-8H,1H3. The molecule has 0 bridgehead atoms. The maximum Gasteiger partial charge on any atom is 0.346 e. The molecule has 108 valence electrons. The van der Waals surface area contributed by atoms with Gasteiger partial charge >= 0.3 is 11.9 Å². The van der Waals surface area contributed by atoms with Crippen LogP contribution >= 0.6 is 15.9 Å². The molecule has 0 saturated carbocycles. The normalized spacial score (nSPS) is 10.0. The monoisotopic (exact) mass is 352 g/mol. The third-order valence-electron chi connectivity index (χ3n) is 2.64. The van der Waals surface area contributed by atoms with Crippen molar-refractivity contribution in [3.05, 3.63) is 63.9 Å². The number of carbonyl (C=O) groups is 2. The molecule has 0 N–H and O–H groups in total. The molecule has 0 saturated heterocycles. The van der Waals surface area contributed by atoms with E-state index >= 15 is 0 Å². The van der Waals surface area contributed by atoms with Crippen molar-refractivity contribution in [2.75, 3.05) is 7.11 Å². The van der Waals surface area contributed by atoms with E-state index in [0.29, 0.717) is 4.47 Å². The van der Waals surface area contributed by atoms with E-state index in [1.807, 2.05) is 0 Å². The summed E-state index contributed by atoms with van der Waals surface area (Å²) in [4.78, 5) is 23.6. The molecule has 0 aliphatic rings. The molecule has 21 heavy (non-hydrogen) atoms. The lowest BCUT2D eigenvalue weighted by atomic mass is 10.2. The Bertz CT molecular complexity index is 700. The quantitative estimate of drug-likeness (QED) is 0.625. The third kappa shape index (κ3) is 3.46. The van der Waals surface area contributed by atoms with Gasteiger partial charge in [-0.3, -0.25) is 0 Å². The van der Waals surface area contributed by atoms with Gasteiger partial charge in [0.15, 0.2) is 0 Å². The second kappa shape index (κ2) is 6.49. The summed E-state index contributed by atoms with van der Waals surface area (Å²) in [5.41, 5.74) is -0.146. The molecule has 4 nitrogen and oxygen atoms in total. The SMILES string of the molecule is COC(=O)c1cc(Br)ccc1OC(=O)c1ccccc1F. The molecule has 2 rings (SSSR count). The Hall–Kier alpha value is -2.21. The van der Waals surface area contributed by atoms with Crippen molar-refractivity contribution in [3.8, 4) is 5.75 Å². The van der Waals surface area contributed by atoms with Crippen LogP contribution in [0.25, 0.3) is 0 Å². The first-order valence-electron chi connectivity index (χ1n) is 5.87. The molecule has 2 aromatic rings. The Balaban J connectivity index is 2.34. The van der Waals surface area contributed by atoms with Crippen molar-refractivity contribution in [1.29, 1.82) is 0 Å². The molecule has 0 aromatic heterocycles. The number of hydrogen-bond donors (Lipinski definition) is 0. The summed E-state index contributed by atoms with van der Waals surface area (Å²) in [5.74, 6) is -2.24. The van der Waals surface area contributed by atoms with Crippen molar-refractivity contribution in [1.82, 2.24) is 0 Å². The lowest BCUT2D eigenvalue weighted by Crippen LogP contribution is -2.13. The predicted molar refractivity (Wildman–Crippen MR) is 76.8 cm³/mol. The topological polar surface area (TPSA) is 52.6 Å². The number of rotatable bonds is 3. The molecular formula is C15H10BrFO4. The highest BCUT2D eigenvalue weighted by molar-refractivity contribution is 9.10. The van der Waals surface area contributed by atoms with Crippen LogP contribution in [0.5, 0.6) is 5.75 Å². The third-order valence-corrected chi connectivity index (χ3v) is 3.14. The summed E-state index contributed by atoms with van der Waals surface area (Å²) >= 11 is 3.21. The number of ether oxygens (including phenoxy) is 2. The van der Waals surface area contributed by atoms with Crippen molar-refractivity contribution >= 4 is 27.9 Å². The van der Waals surface area contributed by atoms with Crippen LogP contribution in [0.2, 0.25) is 0 Å². The Morgan fingerprint density at radius 1 is 1.05 bits per heavy atom. The molecule has 2 aromatic carbocycles. The van der Waals surface area contributed by atoms with Crippen LogP contribution in [0.3, 0.4) is 0 Å². The van der Waals surface area contributed by atoms with Crippen LogP contribution in [0.4, 0.5) is 4.39 Å². The summed E-state index contributed by atoms with van der Waals surface area (Å²) in [5, 5.41) is 0. The molecule has 0 atom stereocenters. The zero-order chi connectivity index (χ0) is 15.4. The Labute approximate surface area is 128 Å². The molecule has 0 fully saturated rings. The minimum Gasteiger partial charge on any atom is -0.465 e. The summed E-state index contributed by atoms with van der Waals surface area (Å²) in [6.45, 7) is 0. The number of benzene rings is 2. The van der Waals surface area contributed by atoms with Crippen molar-refractivity contribution in [2.45, 2.75) is 0 Å². The highest BCUT2D eigenvalue weighted by Gasteiger charge is 2.19. The van der Waals surface area contributed by atoms with Gasteiger partial charge in [-0.1, -0.05) is 28.1 Å². The van der Waals surface area contributed by atoms with Gasteiger partial charge < -0.3 is 9.47 Å². The number of carbonyl (C=O) groups excluding carboxylic acids is 2. The molecule has 0 spiro atoms. The molecule has 0 aliphatic carbocycles. The largest absolute Gasteiger partial charge is 0.465 e. The lowest BCUT2D eigenvalue weighted by Gasteiger charge is -2.09. The fourth-order valence-corrected chi connectivity index (χ4v) is 2.00. The molecule has 0 amide bonds. The fourth-order valence-electron chi connectivity index (χ4n) is 1.64. The van der Waals surface area contributed by atoms with Crippen LogP contribution in [0.15, 0.2) is 46.9 Å². The average Bonchev–Trinajstić information content (AvgIpc) is 2.48. The molecule has 0 aliphatic heterocycles. The number of halogens is 2. The molecule has 0 unspecified atom stereocenters. The van der Waals surface area contributed by atoms with Gasteiger partial charge in [0.25, 0.3) is 0 Å². The van der Waals surface area contributed by atoms with E-state index in [0.717, 1.165) is 6.07 Å². The van der Waals surface area contributed by atoms with Crippen molar-refractivity contribution in [2.24, 2.45) is 0 Å². The van der Waals surface area contributed by atoms with E-state index in [9.17, 15) is 14.0 Å². The van der Waals surface area contributed by atoms with Gasteiger partial charge in [0.2, 0.25) is 0 Å². The van der Waals surface area contributed by atoms with Crippen LogP contribution in [0, 0.1) is 5.82 Å². The zero-order valence-corrected chi connectivity index (χ0v) is 12.5. The summed E-state index contributed by atoms with van der Waals surface area (Å²) in [7, 11) is 1.21. The van der Waals surface area contributed by atoms with E-state index in [4.69, 9.17) is 4.74 Å². The van der Waals surface area contributed by atoms with Gasteiger partial charge in [-0.2, -0.15) is 0 Å². The van der Waals surface area contributed by atoms with Crippen LogP contribution in [-0.4, -0.2) is 19.0 Å². The number of esters is 2. The first kappa shape index (κ1) is 15.2. The second-order valence-electron chi connectivity index (χ2n) is 4.00. The molecule has 0 heterocycles. The summed E-state index contributed by atoms with van der Waals surface area (Å²) in [6.07, 6.45) is 0. The summed E-state index contributed by atoms with van der Waals surface area (Å²) < 4.78 is 23.9. The van der Waals surface area contributed by atoms with Crippen LogP contribution in [0.1, 0.15) is 20.7 Å². The van der Waals surface area contributed by atoms with Crippen LogP contribution in [-0.2, 0) is 4.74 Å². The van der Waals surface area contributed by atoms with Gasteiger partial charge in [-0.05, 0) is 30.3 Å². The van der Waals surface area contributed by atoms with E-state index in [1.165, 1.54) is 37.4 Å². The average molecular weight is 353 g/mol. The molecule has 0 radical (unpaired) electrons. The summed E-state index contributed by atoms with van der Waals surface area (Å²) in [6, 6.07) is 9.91. The Morgan fingerprint density at radius 3 is 2.43 bits per heavy atom. The van der Waals surface area contributed by atoms with Gasteiger partial charge in [0.1, 0.15) is 17.1 Å². The smallest absolute Gasteiger partial charge is 0.346 e. The van der Waals surface area contributed by atoms with E-state index in [-0.39, 0.29) is 16.9 Å². The van der Waals surface area contributed by atoms with Gasteiger partial charge in [-0.25, -0.2) is 14.0 Å². The second-order valence-corrected chi connectivity index (χ2v) is 4.92. The Morgan fingerprint density at radius 2 is 1.76 bits per heavy atom. The van der Waals surface area contributed by atoms with E-state index in [1.54, 1.807) is 6.07 Å². The van der Waals surface area contributed by atoms with Gasteiger partial charge in [0, 0.05) is 4.47 Å². The Kier molecular flexibility index (Phi) is 4.70. The number of methoxy groups -OCH3 is 1. The van der Waals surface area contributed by atoms with Gasteiger partial charge in [0.05, 0.1) is 12.7 Å². The maximum atomic E-state index is 13.5. The highest BCUT2D eigenvalue weighted by atomic mass is 79.9. The minimum absolute atomic E-state index is 0.00157.